The molecule has 0 aromatic heterocycles. The van der Waals surface area contributed by atoms with Gasteiger partial charge >= 0.3 is 0 Å². The highest BCUT2D eigenvalue weighted by molar-refractivity contribution is 6.23. The molecule has 3 unspecified atom stereocenters. The van der Waals surface area contributed by atoms with Crippen molar-refractivity contribution in [2.75, 3.05) is 0 Å². The van der Waals surface area contributed by atoms with Crippen LogP contribution in [0.25, 0.3) is 0 Å². The molecule has 2 aliphatic heterocycles. The van der Waals surface area contributed by atoms with Crippen molar-refractivity contribution in [2.24, 2.45) is 5.92 Å². The number of rotatable bonds is 5. The SMILES string of the molecule is CC(C(=O)C1C(=O)N(C(C)C)C1c1ccccc1)N1C(=O)c2ccccc2C1=O. The third-order valence-corrected chi connectivity index (χ3v) is 5.76. The van der Waals surface area contributed by atoms with Crippen LogP contribution in [0.3, 0.4) is 0 Å². The Hall–Kier alpha value is -3.28. The molecule has 2 aromatic rings. The van der Waals surface area contributed by atoms with E-state index in [1.54, 1.807) is 29.2 Å². The van der Waals surface area contributed by atoms with E-state index >= 15 is 0 Å². The van der Waals surface area contributed by atoms with Gasteiger partial charge in [-0.2, -0.15) is 0 Å². The van der Waals surface area contributed by atoms with Crippen LogP contribution in [-0.4, -0.2) is 45.4 Å². The van der Waals surface area contributed by atoms with Crippen molar-refractivity contribution in [3.63, 3.8) is 0 Å². The fourth-order valence-electron chi connectivity index (χ4n) is 4.31. The monoisotopic (exact) mass is 390 g/mol. The number of ketones is 1. The number of carbonyl (C=O) groups excluding carboxylic acids is 4. The van der Waals surface area contributed by atoms with Gasteiger partial charge in [-0.15, -0.1) is 0 Å². The van der Waals surface area contributed by atoms with Crippen LogP contribution in [0.15, 0.2) is 54.6 Å². The van der Waals surface area contributed by atoms with E-state index in [9.17, 15) is 19.2 Å². The first kappa shape index (κ1) is 19.1. The minimum absolute atomic E-state index is 0.0635. The number of hydrogen-bond acceptors (Lipinski definition) is 4. The zero-order chi connectivity index (χ0) is 20.9. The van der Waals surface area contributed by atoms with Gasteiger partial charge in [-0.3, -0.25) is 24.1 Å². The van der Waals surface area contributed by atoms with Crippen LogP contribution in [0.5, 0.6) is 0 Å². The highest BCUT2D eigenvalue weighted by Gasteiger charge is 2.55. The van der Waals surface area contributed by atoms with E-state index in [-0.39, 0.29) is 11.9 Å². The van der Waals surface area contributed by atoms with Gasteiger partial charge < -0.3 is 4.90 Å². The van der Waals surface area contributed by atoms with E-state index in [0.29, 0.717) is 11.1 Å². The molecule has 1 fully saturated rings. The summed E-state index contributed by atoms with van der Waals surface area (Å²) in [5, 5.41) is 0. The zero-order valence-corrected chi connectivity index (χ0v) is 16.5. The average Bonchev–Trinajstić information content (AvgIpc) is 2.96. The van der Waals surface area contributed by atoms with Gasteiger partial charge in [-0.25, -0.2) is 0 Å². The first-order valence-electron chi connectivity index (χ1n) is 9.72. The van der Waals surface area contributed by atoms with Crippen molar-refractivity contribution in [3.05, 3.63) is 71.3 Å². The van der Waals surface area contributed by atoms with Gasteiger partial charge in [-0.05, 0) is 38.5 Å². The molecule has 6 nitrogen and oxygen atoms in total. The number of fused-ring (bicyclic) bond motifs is 1. The fourth-order valence-corrected chi connectivity index (χ4v) is 4.31. The quantitative estimate of drug-likeness (QED) is 0.447. The van der Waals surface area contributed by atoms with E-state index in [1.807, 2.05) is 44.2 Å². The Kier molecular flexibility index (Phi) is 4.57. The van der Waals surface area contributed by atoms with Gasteiger partial charge in [0.05, 0.1) is 23.2 Å². The minimum Gasteiger partial charge on any atom is -0.331 e. The average molecular weight is 390 g/mol. The number of carbonyl (C=O) groups is 4. The summed E-state index contributed by atoms with van der Waals surface area (Å²) >= 11 is 0. The predicted octanol–water partition coefficient (Wildman–Crippen LogP) is 2.85. The van der Waals surface area contributed by atoms with Gasteiger partial charge in [0.2, 0.25) is 5.91 Å². The summed E-state index contributed by atoms with van der Waals surface area (Å²) in [6.07, 6.45) is 0. The first-order chi connectivity index (χ1) is 13.8. The van der Waals surface area contributed by atoms with E-state index in [2.05, 4.69) is 0 Å². The molecule has 148 valence electrons. The molecule has 3 amide bonds. The maximum Gasteiger partial charge on any atom is 0.262 e. The van der Waals surface area contributed by atoms with Gasteiger partial charge in [0.25, 0.3) is 11.8 Å². The Morgan fingerprint density at radius 2 is 1.34 bits per heavy atom. The van der Waals surface area contributed by atoms with Gasteiger partial charge in [0, 0.05) is 6.04 Å². The zero-order valence-electron chi connectivity index (χ0n) is 16.5. The second-order valence-corrected chi connectivity index (χ2v) is 7.78. The molecule has 1 saturated heterocycles. The Morgan fingerprint density at radius 3 is 1.86 bits per heavy atom. The second kappa shape index (κ2) is 6.95. The van der Waals surface area contributed by atoms with Gasteiger partial charge in [0.1, 0.15) is 5.92 Å². The topological polar surface area (TPSA) is 74.8 Å². The number of hydrogen-bond donors (Lipinski definition) is 0. The summed E-state index contributed by atoms with van der Waals surface area (Å²) in [4.78, 5) is 54.3. The molecule has 2 aromatic carbocycles. The molecule has 6 heteroatoms. The normalized spacial score (nSPS) is 22.0. The van der Waals surface area contributed by atoms with Crippen LogP contribution in [0.4, 0.5) is 0 Å². The van der Waals surface area contributed by atoms with Crippen LogP contribution in [-0.2, 0) is 9.59 Å². The van der Waals surface area contributed by atoms with Gasteiger partial charge in [0.15, 0.2) is 5.78 Å². The molecule has 2 heterocycles. The Labute approximate surface area is 169 Å². The van der Waals surface area contributed by atoms with Crippen molar-refractivity contribution in [3.8, 4) is 0 Å². The van der Waals surface area contributed by atoms with Crippen molar-refractivity contribution in [1.29, 1.82) is 0 Å². The maximum absolute atomic E-state index is 13.3. The van der Waals surface area contributed by atoms with E-state index in [4.69, 9.17) is 0 Å². The van der Waals surface area contributed by atoms with E-state index in [1.165, 1.54) is 6.92 Å². The standard InChI is InChI=1S/C23H22N2O4/c1-13(2)24-19(15-9-5-4-6-10-15)18(23(24)29)20(26)14(3)25-21(27)16-11-7-8-12-17(16)22(25)28/h4-14,18-19H,1-3H3. The number of imide groups is 1. The minimum atomic E-state index is -1.02. The summed E-state index contributed by atoms with van der Waals surface area (Å²) in [6.45, 7) is 5.33. The fraction of sp³-hybridized carbons (Fsp3) is 0.304. The van der Waals surface area contributed by atoms with E-state index < -0.39 is 35.6 Å². The Bertz CT molecular complexity index is 980. The van der Waals surface area contributed by atoms with Crippen LogP contribution in [0, 0.1) is 5.92 Å². The highest BCUT2D eigenvalue weighted by Crippen LogP contribution is 2.43. The third-order valence-electron chi connectivity index (χ3n) is 5.76. The number of β-lactam (4-membered cyclic amide) rings is 1. The summed E-state index contributed by atoms with van der Waals surface area (Å²) in [6, 6.07) is 14.4. The van der Waals surface area contributed by atoms with Crippen LogP contribution < -0.4 is 0 Å². The lowest BCUT2D eigenvalue weighted by atomic mass is 9.76. The van der Waals surface area contributed by atoms with Gasteiger partial charge in [-0.1, -0.05) is 42.5 Å². The summed E-state index contributed by atoms with van der Waals surface area (Å²) < 4.78 is 0. The number of likely N-dealkylation sites (tertiary alicyclic amines) is 1. The molecular formula is C23H22N2O4. The van der Waals surface area contributed by atoms with Crippen molar-refractivity contribution in [2.45, 2.75) is 38.9 Å². The Morgan fingerprint density at radius 1 is 0.828 bits per heavy atom. The summed E-state index contributed by atoms with van der Waals surface area (Å²) in [5.74, 6) is -2.55. The molecule has 3 atom stereocenters. The lowest BCUT2D eigenvalue weighted by molar-refractivity contribution is -0.166. The number of amides is 3. The molecule has 0 radical (unpaired) electrons. The molecule has 4 rings (SSSR count). The largest absolute Gasteiger partial charge is 0.331 e. The summed E-state index contributed by atoms with van der Waals surface area (Å²) in [7, 11) is 0. The van der Waals surface area contributed by atoms with Crippen LogP contribution >= 0.6 is 0 Å². The first-order valence-corrected chi connectivity index (χ1v) is 9.72. The smallest absolute Gasteiger partial charge is 0.262 e. The molecule has 29 heavy (non-hydrogen) atoms. The highest BCUT2D eigenvalue weighted by atomic mass is 16.2. The lowest BCUT2D eigenvalue weighted by Crippen LogP contribution is -2.63. The van der Waals surface area contributed by atoms with E-state index in [0.717, 1.165) is 10.5 Å². The molecule has 0 bridgehead atoms. The molecule has 0 saturated carbocycles. The third kappa shape index (κ3) is 2.78. The van der Waals surface area contributed by atoms with Crippen LogP contribution in [0.1, 0.15) is 53.1 Å². The molecule has 2 aliphatic rings. The molecule has 0 aliphatic carbocycles. The maximum atomic E-state index is 13.3. The lowest BCUT2D eigenvalue weighted by Gasteiger charge is -2.50. The van der Waals surface area contributed by atoms with Crippen molar-refractivity contribution < 1.29 is 19.2 Å². The summed E-state index contributed by atoms with van der Waals surface area (Å²) in [5.41, 5.74) is 1.45. The number of nitrogens with zero attached hydrogens (tertiary/aromatic N) is 2. The van der Waals surface area contributed by atoms with Crippen LogP contribution in [0.2, 0.25) is 0 Å². The predicted molar refractivity (Wildman–Crippen MR) is 106 cm³/mol. The number of benzene rings is 2. The van der Waals surface area contributed by atoms with Crippen molar-refractivity contribution in [1.82, 2.24) is 9.80 Å². The molecular weight excluding hydrogens is 368 g/mol. The van der Waals surface area contributed by atoms with Crippen molar-refractivity contribution >= 4 is 23.5 Å². The molecule has 0 spiro atoms. The molecule has 0 N–H and O–H groups in total. The number of Topliss-reactive ketones (excluding diaryl/α,β-unsaturated/α-hetero) is 1. The Balaban J connectivity index is 1.64. The second-order valence-electron chi connectivity index (χ2n) is 7.78.